The van der Waals surface area contributed by atoms with Gasteiger partial charge >= 0.3 is 11.9 Å². The van der Waals surface area contributed by atoms with E-state index in [4.69, 9.17) is 16.3 Å². The number of aromatic nitrogens is 4. The number of likely N-dealkylation sites (N-methyl/N-ethyl adjacent to an activating group) is 1. The predicted octanol–water partition coefficient (Wildman–Crippen LogP) is 5.56. The Morgan fingerprint density at radius 1 is 1.23 bits per heavy atom. The van der Waals surface area contributed by atoms with Crippen molar-refractivity contribution in [3.8, 4) is 17.1 Å². The van der Waals surface area contributed by atoms with Crippen LogP contribution in [0.5, 0.6) is 5.88 Å². The summed E-state index contributed by atoms with van der Waals surface area (Å²) in [7, 11) is 5.48. The summed E-state index contributed by atoms with van der Waals surface area (Å²) in [6, 6.07) is 7.59. The summed E-state index contributed by atoms with van der Waals surface area (Å²) in [4.78, 5) is 25.9. The molecule has 15 heteroatoms. The Hall–Kier alpha value is -4.17. The highest BCUT2D eigenvalue weighted by molar-refractivity contribution is 6.33. The van der Waals surface area contributed by atoms with Crippen molar-refractivity contribution in [1.29, 1.82) is 0 Å². The van der Waals surface area contributed by atoms with Crippen LogP contribution in [0, 0.1) is 17.0 Å². The lowest BCUT2D eigenvalue weighted by Gasteiger charge is -2.18. The Bertz CT molecular complexity index is 1560. The number of ether oxygens (including phenoxy) is 1. The molecule has 0 saturated carbocycles. The number of aryl methyl sites for hydroxylation is 1. The maximum absolute atomic E-state index is 13.1. The van der Waals surface area contributed by atoms with Crippen LogP contribution >= 0.6 is 11.6 Å². The quantitative estimate of drug-likeness (QED) is 0.184. The van der Waals surface area contributed by atoms with Gasteiger partial charge in [0, 0.05) is 42.8 Å². The first-order valence-corrected chi connectivity index (χ1v) is 12.3. The topological polar surface area (TPSA) is 123 Å². The minimum absolute atomic E-state index is 0.0187. The molecule has 0 amide bonds. The average molecular weight is 579 g/mol. The molecule has 0 bridgehead atoms. The van der Waals surface area contributed by atoms with Crippen molar-refractivity contribution < 1.29 is 22.8 Å². The summed E-state index contributed by atoms with van der Waals surface area (Å²) < 4.78 is 46.1. The van der Waals surface area contributed by atoms with Crippen molar-refractivity contribution >= 4 is 45.6 Å². The van der Waals surface area contributed by atoms with Crippen LogP contribution in [0.2, 0.25) is 5.02 Å². The number of pyridine rings is 1. The summed E-state index contributed by atoms with van der Waals surface area (Å²) in [5.74, 6) is -0.796. The van der Waals surface area contributed by atoms with Gasteiger partial charge in [-0.15, -0.1) is 0 Å². The Morgan fingerprint density at radius 3 is 2.62 bits per heavy atom. The summed E-state index contributed by atoms with van der Waals surface area (Å²) >= 11 is 6.44. The lowest BCUT2D eigenvalue weighted by atomic mass is 10.1. The number of hydrogen-bond donors (Lipinski definition) is 2. The van der Waals surface area contributed by atoms with Gasteiger partial charge in [0.1, 0.15) is 5.69 Å². The number of para-hydroxylation sites is 1. The molecule has 0 radical (unpaired) electrons. The van der Waals surface area contributed by atoms with E-state index in [-0.39, 0.29) is 34.6 Å². The molecule has 0 spiro atoms. The van der Waals surface area contributed by atoms with Gasteiger partial charge in [0.15, 0.2) is 6.61 Å². The lowest BCUT2D eigenvalue weighted by molar-refractivity contribution is -0.384. The molecule has 0 unspecified atom stereocenters. The van der Waals surface area contributed by atoms with Gasteiger partial charge in [-0.3, -0.25) is 10.1 Å². The van der Waals surface area contributed by atoms with Crippen molar-refractivity contribution in [1.82, 2.24) is 24.4 Å². The molecule has 0 fully saturated rings. The third kappa shape index (κ3) is 6.34. The van der Waals surface area contributed by atoms with E-state index in [9.17, 15) is 23.3 Å². The van der Waals surface area contributed by atoms with E-state index in [1.165, 1.54) is 13.1 Å². The van der Waals surface area contributed by atoms with Crippen molar-refractivity contribution in [3.05, 3.63) is 57.4 Å². The fourth-order valence-electron chi connectivity index (χ4n) is 4.07. The van der Waals surface area contributed by atoms with E-state index in [1.54, 1.807) is 14.1 Å². The van der Waals surface area contributed by atoms with Gasteiger partial charge in [-0.25, -0.2) is 9.97 Å². The van der Waals surface area contributed by atoms with Crippen molar-refractivity contribution in [2.24, 2.45) is 7.05 Å². The van der Waals surface area contributed by atoms with Gasteiger partial charge in [0.05, 0.1) is 27.4 Å². The zero-order valence-electron chi connectivity index (χ0n) is 22.0. The van der Waals surface area contributed by atoms with E-state index in [2.05, 4.69) is 25.6 Å². The highest BCUT2D eigenvalue weighted by Crippen LogP contribution is 2.40. The van der Waals surface area contributed by atoms with Crippen LogP contribution in [0.4, 0.5) is 36.3 Å². The van der Waals surface area contributed by atoms with Crippen LogP contribution in [0.25, 0.3) is 22.2 Å². The molecule has 3 aromatic heterocycles. The second-order valence-corrected chi connectivity index (χ2v) is 9.60. The number of hydrogen-bond acceptors (Lipinski definition) is 9. The molecule has 3 heterocycles. The zero-order valence-corrected chi connectivity index (χ0v) is 22.8. The minimum Gasteiger partial charge on any atom is -0.466 e. The van der Waals surface area contributed by atoms with Gasteiger partial charge in [0.25, 0.3) is 0 Å². The van der Waals surface area contributed by atoms with Crippen LogP contribution in [0.3, 0.4) is 0 Å². The molecule has 0 saturated heterocycles. The Labute approximate surface area is 232 Å². The summed E-state index contributed by atoms with van der Waals surface area (Å²) in [6.45, 7) is 0.458. The van der Waals surface area contributed by atoms with Crippen LogP contribution in [0.1, 0.15) is 5.56 Å². The predicted molar refractivity (Wildman–Crippen MR) is 146 cm³/mol. The molecule has 0 aliphatic heterocycles. The molecule has 40 heavy (non-hydrogen) atoms. The van der Waals surface area contributed by atoms with Crippen LogP contribution in [0.15, 0.2) is 36.7 Å². The van der Waals surface area contributed by atoms with E-state index in [1.807, 2.05) is 47.0 Å². The first-order valence-electron chi connectivity index (χ1n) is 12.0. The molecule has 0 aliphatic carbocycles. The maximum atomic E-state index is 13.1. The van der Waals surface area contributed by atoms with E-state index < -0.39 is 29.3 Å². The van der Waals surface area contributed by atoms with Gasteiger partial charge in [-0.1, -0.05) is 29.8 Å². The van der Waals surface area contributed by atoms with Crippen molar-refractivity contribution in [2.75, 3.05) is 44.4 Å². The summed E-state index contributed by atoms with van der Waals surface area (Å²) in [5, 5.41) is 18.7. The van der Waals surface area contributed by atoms with Gasteiger partial charge in [-0.2, -0.15) is 18.2 Å². The van der Waals surface area contributed by atoms with E-state index >= 15 is 0 Å². The fourth-order valence-corrected chi connectivity index (χ4v) is 4.26. The molecular weight excluding hydrogens is 553 g/mol. The monoisotopic (exact) mass is 578 g/mol. The number of halogens is 4. The highest BCUT2D eigenvalue weighted by Gasteiger charge is 2.32. The first kappa shape index (κ1) is 28.8. The molecule has 4 aromatic rings. The van der Waals surface area contributed by atoms with E-state index in [0.717, 1.165) is 10.9 Å². The molecular formula is C25H26ClF3N8O3. The average Bonchev–Trinajstić information content (AvgIpc) is 3.21. The highest BCUT2D eigenvalue weighted by atomic mass is 35.5. The number of nitro groups is 1. The number of rotatable bonds is 10. The number of alkyl halides is 3. The minimum atomic E-state index is -4.68. The van der Waals surface area contributed by atoms with Crippen molar-refractivity contribution in [3.63, 3.8) is 0 Å². The largest absolute Gasteiger partial charge is 0.466 e. The second kappa shape index (κ2) is 11.5. The number of fused-ring (bicyclic) bond motifs is 1. The Kier molecular flexibility index (Phi) is 8.30. The molecule has 0 atom stereocenters. The fraction of sp³-hybridized carbons (Fsp3) is 0.320. The smallest absolute Gasteiger partial charge is 0.422 e. The third-order valence-electron chi connectivity index (χ3n) is 5.92. The summed E-state index contributed by atoms with van der Waals surface area (Å²) in [5.41, 5.74) is 1.36. The number of anilines is 3. The maximum Gasteiger partial charge on any atom is 0.422 e. The van der Waals surface area contributed by atoms with Crippen molar-refractivity contribution in [2.45, 2.75) is 13.1 Å². The molecule has 4 rings (SSSR count). The SMILES string of the molecule is Cc1c(Nc2ncc(Cl)c(-c3cn(C)c4ccccc34)n2)c(OCC(F)(F)F)nc(NCCN(C)C)c1[N+](=O)[O-]. The third-order valence-corrected chi connectivity index (χ3v) is 6.20. The van der Waals surface area contributed by atoms with Crippen LogP contribution in [-0.2, 0) is 7.05 Å². The number of nitrogens with zero attached hydrogens (tertiary/aromatic N) is 6. The number of benzene rings is 1. The van der Waals surface area contributed by atoms with Gasteiger partial charge in [0.2, 0.25) is 17.6 Å². The van der Waals surface area contributed by atoms with Gasteiger partial charge < -0.3 is 24.8 Å². The van der Waals surface area contributed by atoms with Crippen LogP contribution in [-0.4, -0.2) is 69.3 Å². The molecule has 0 aliphatic rings. The van der Waals surface area contributed by atoms with E-state index in [0.29, 0.717) is 17.8 Å². The summed E-state index contributed by atoms with van der Waals surface area (Å²) in [6.07, 6.45) is -1.50. The number of nitrogens with one attached hydrogen (secondary N) is 2. The van der Waals surface area contributed by atoms with Gasteiger partial charge in [-0.05, 0) is 27.1 Å². The molecule has 2 N–H and O–H groups in total. The Balaban J connectivity index is 1.80. The van der Waals surface area contributed by atoms with Crippen LogP contribution < -0.4 is 15.4 Å². The standard InChI is InChI=1S/C25H26ClF3N8O3/c1-14-19(23(40-13-25(27,28)29)34-22(21(14)37(38)39)30-9-10-35(2)3)32-24-31-11-17(26)20(33-24)16-12-36(4)18-8-6-5-7-15(16)18/h5-8,11-12H,9-10,13H2,1-4H3,(H,30,34)(H,31,32,33). The lowest BCUT2D eigenvalue weighted by Crippen LogP contribution is -2.23. The molecule has 11 nitrogen and oxygen atoms in total. The molecule has 1 aromatic carbocycles. The molecule has 212 valence electrons. The zero-order chi connectivity index (χ0) is 29.2. The Morgan fingerprint density at radius 2 is 1.95 bits per heavy atom. The first-order chi connectivity index (χ1) is 18.9. The normalized spacial score (nSPS) is 11.7. The second-order valence-electron chi connectivity index (χ2n) is 9.19.